The number of hydrogen-bond acceptors (Lipinski definition) is 2. The van der Waals surface area contributed by atoms with Crippen LogP contribution in [0, 0.1) is 6.92 Å². The summed E-state index contributed by atoms with van der Waals surface area (Å²) in [6.45, 7) is 6.56. The molecule has 0 aliphatic rings. The number of hydrogen-bond donors (Lipinski definition) is 1. The van der Waals surface area contributed by atoms with Gasteiger partial charge in [-0.3, -0.25) is 0 Å². The Kier molecular flexibility index (Phi) is 6.30. The van der Waals surface area contributed by atoms with Crippen LogP contribution < -0.4 is 5.32 Å². The van der Waals surface area contributed by atoms with E-state index in [1.165, 1.54) is 5.56 Å². The van der Waals surface area contributed by atoms with E-state index in [-0.39, 0.29) is 0 Å². The highest BCUT2D eigenvalue weighted by atomic mass is 15.1. The Morgan fingerprint density at radius 3 is 2.16 bits per heavy atom. The maximum Gasteiger partial charge on any atom is 0.105 e. The van der Waals surface area contributed by atoms with Gasteiger partial charge in [0.25, 0.3) is 0 Å². The van der Waals surface area contributed by atoms with Crippen molar-refractivity contribution in [3.63, 3.8) is 0 Å². The van der Waals surface area contributed by atoms with Crippen LogP contribution in [0.25, 0.3) is 0 Å². The molecule has 0 bridgehead atoms. The SMILES string of the molecule is CNC.Cc1nccn1C(C)C(C)c1ccccc1. The zero-order chi connectivity index (χ0) is 14.3. The zero-order valence-electron chi connectivity index (χ0n) is 12.6. The summed E-state index contributed by atoms with van der Waals surface area (Å²) in [6, 6.07) is 11.1. The van der Waals surface area contributed by atoms with Gasteiger partial charge in [-0.1, -0.05) is 37.3 Å². The van der Waals surface area contributed by atoms with E-state index in [1.54, 1.807) is 0 Å². The lowest BCUT2D eigenvalue weighted by atomic mass is 9.94. The van der Waals surface area contributed by atoms with Crippen molar-refractivity contribution in [1.29, 1.82) is 0 Å². The number of benzene rings is 1. The largest absolute Gasteiger partial charge is 0.332 e. The van der Waals surface area contributed by atoms with E-state index in [0.717, 1.165) is 5.82 Å². The number of aromatic nitrogens is 2. The van der Waals surface area contributed by atoms with Gasteiger partial charge in [-0.05, 0) is 33.5 Å². The molecule has 3 nitrogen and oxygen atoms in total. The molecular formula is C16H25N3. The van der Waals surface area contributed by atoms with Gasteiger partial charge in [-0.15, -0.1) is 0 Å². The number of nitrogens with one attached hydrogen (secondary N) is 1. The fourth-order valence-electron chi connectivity index (χ4n) is 2.09. The normalized spacial score (nSPS) is 13.3. The lowest BCUT2D eigenvalue weighted by Gasteiger charge is -2.22. The third-order valence-electron chi connectivity index (χ3n) is 3.35. The predicted octanol–water partition coefficient (Wildman–Crippen LogP) is 3.39. The molecule has 0 amide bonds. The number of rotatable bonds is 3. The highest BCUT2D eigenvalue weighted by Crippen LogP contribution is 2.28. The van der Waals surface area contributed by atoms with Gasteiger partial charge in [0, 0.05) is 24.4 Å². The van der Waals surface area contributed by atoms with Crippen molar-refractivity contribution in [1.82, 2.24) is 14.9 Å². The van der Waals surface area contributed by atoms with Gasteiger partial charge < -0.3 is 9.88 Å². The van der Waals surface area contributed by atoms with Gasteiger partial charge in [0.1, 0.15) is 5.82 Å². The smallest absolute Gasteiger partial charge is 0.105 e. The second-order valence-corrected chi connectivity index (χ2v) is 4.82. The Hall–Kier alpha value is -1.61. The molecule has 0 fully saturated rings. The Morgan fingerprint density at radius 2 is 1.68 bits per heavy atom. The molecule has 2 unspecified atom stereocenters. The van der Waals surface area contributed by atoms with E-state index >= 15 is 0 Å². The van der Waals surface area contributed by atoms with Crippen molar-refractivity contribution < 1.29 is 0 Å². The molecule has 3 heteroatoms. The Balaban J connectivity index is 0.000000550. The number of aryl methyl sites for hydroxylation is 1. The van der Waals surface area contributed by atoms with Crippen molar-refractivity contribution in [3.05, 3.63) is 54.1 Å². The maximum absolute atomic E-state index is 4.28. The van der Waals surface area contributed by atoms with Gasteiger partial charge in [0.2, 0.25) is 0 Å². The van der Waals surface area contributed by atoms with Crippen LogP contribution in [0.5, 0.6) is 0 Å². The third-order valence-corrected chi connectivity index (χ3v) is 3.35. The molecule has 0 saturated carbocycles. The zero-order valence-corrected chi connectivity index (χ0v) is 12.6. The monoisotopic (exact) mass is 259 g/mol. The molecule has 1 aromatic heterocycles. The third kappa shape index (κ3) is 4.21. The van der Waals surface area contributed by atoms with Crippen molar-refractivity contribution in [2.45, 2.75) is 32.7 Å². The molecule has 1 N–H and O–H groups in total. The van der Waals surface area contributed by atoms with Crippen LogP contribution >= 0.6 is 0 Å². The average Bonchev–Trinajstić information content (AvgIpc) is 2.85. The van der Waals surface area contributed by atoms with Gasteiger partial charge >= 0.3 is 0 Å². The molecule has 1 aromatic carbocycles. The first kappa shape index (κ1) is 15.4. The summed E-state index contributed by atoms with van der Waals surface area (Å²) in [5.74, 6) is 1.57. The van der Waals surface area contributed by atoms with Gasteiger partial charge in [0.05, 0.1) is 0 Å². The molecule has 104 valence electrons. The van der Waals surface area contributed by atoms with E-state index in [9.17, 15) is 0 Å². The predicted molar refractivity (Wildman–Crippen MR) is 81.5 cm³/mol. The summed E-state index contributed by atoms with van der Waals surface area (Å²) in [7, 11) is 3.75. The topological polar surface area (TPSA) is 29.9 Å². The minimum absolute atomic E-state index is 0.435. The van der Waals surface area contributed by atoms with Crippen molar-refractivity contribution in [2.24, 2.45) is 0 Å². The Morgan fingerprint density at radius 1 is 1.11 bits per heavy atom. The number of nitrogens with zero attached hydrogens (tertiary/aromatic N) is 2. The van der Waals surface area contributed by atoms with Gasteiger partial charge in [-0.25, -0.2) is 4.98 Å². The first-order valence-corrected chi connectivity index (χ1v) is 6.74. The molecule has 0 radical (unpaired) electrons. The fourth-order valence-corrected chi connectivity index (χ4v) is 2.09. The summed E-state index contributed by atoms with van der Waals surface area (Å²) < 4.78 is 2.23. The van der Waals surface area contributed by atoms with Crippen molar-refractivity contribution in [3.8, 4) is 0 Å². The lowest BCUT2D eigenvalue weighted by Crippen LogP contribution is -2.13. The maximum atomic E-state index is 4.28. The molecule has 0 aliphatic heterocycles. The summed E-state index contributed by atoms with van der Waals surface area (Å²) in [4.78, 5) is 4.28. The highest BCUT2D eigenvalue weighted by molar-refractivity contribution is 5.20. The molecule has 2 rings (SSSR count). The van der Waals surface area contributed by atoms with E-state index in [2.05, 4.69) is 65.2 Å². The van der Waals surface area contributed by atoms with Crippen LogP contribution in [0.1, 0.15) is 37.2 Å². The average molecular weight is 259 g/mol. The van der Waals surface area contributed by atoms with Crippen LogP contribution in [-0.4, -0.2) is 23.6 Å². The number of imidazole rings is 1. The Bertz CT molecular complexity index is 462. The Labute approximate surface area is 116 Å². The minimum atomic E-state index is 0.435. The van der Waals surface area contributed by atoms with Crippen molar-refractivity contribution in [2.75, 3.05) is 14.1 Å². The van der Waals surface area contributed by atoms with Crippen LogP contribution in [0.2, 0.25) is 0 Å². The van der Waals surface area contributed by atoms with Crippen LogP contribution in [0.3, 0.4) is 0 Å². The lowest BCUT2D eigenvalue weighted by molar-refractivity contribution is 0.459. The molecule has 1 heterocycles. The van der Waals surface area contributed by atoms with Crippen LogP contribution in [-0.2, 0) is 0 Å². The molecule has 2 aromatic rings. The molecule has 0 spiro atoms. The first-order valence-electron chi connectivity index (χ1n) is 6.74. The summed E-state index contributed by atoms with van der Waals surface area (Å²) in [5.41, 5.74) is 1.38. The molecule has 0 aliphatic carbocycles. The van der Waals surface area contributed by atoms with Gasteiger partial charge in [-0.2, -0.15) is 0 Å². The van der Waals surface area contributed by atoms with E-state index in [4.69, 9.17) is 0 Å². The minimum Gasteiger partial charge on any atom is -0.332 e. The van der Waals surface area contributed by atoms with Crippen LogP contribution in [0.15, 0.2) is 42.7 Å². The molecular weight excluding hydrogens is 234 g/mol. The summed E-state index contributed by atoms with van der Waals surface area (Å²) in [6.07, 6.45) is 3.92. The van der Waals surface area contributed by atoms with E-state index < -0.39 is 0 Å². The molecule has 2 atom stereocenters. The highest BCUT2D eigenvalue weighted by Gasteiger charge is 2.16. The van der Waals surface area contributed by atoms with Crippen LogP contribution in [0.4, 0.5) is 0 Å². The first-order chi connectivity index (χ1) is 9.11. The molecule has 0 saturated heterocycles. The van der Waals surface area contributed by atoms with Gasteiger partial charge in [0.15, 0.2) is 0 Å². The fraction of sp³-hybridized carbons (Fsp3) is 0.438. The van der Waals surface area contributed by atoms with Crippen molar-refractivity contribution >= 4 is 0 Å². The second kappa shape index (κ2) is 7.74. The van der Waals surface area contributed by atoms with E-state index in [0.29, 0.717) is 12.0 Å². The summed E-state index contributed by atoms with van der Waals surface area (Å²) >= 11 is 0. The molecule has 19 heavy (non-hydrogen) atoms. The van der Waals surface area contributed by atoms with E-state index in [1.807, 2.05) is 27.2 Å². The quantitative estimate of drug-likeness (QED) is 0.915. The summed E-state index contributed by atoms with van der Waals surface area (Å²) in [5, 5.41) is 2.75. The standard InChI is InChI=1S/C14H18N2.C2H7N/c1-11(14-7-5-4-6-8-14)12(2)16-10-9-15-13(16)3;1-3-2/h4-12H,1-3H3;3H,1-2H3. The second-order valence-electron chi connectivity index (χ2n) is 4.82.